The van der Waals surface area contributed by atoms with Crippen molar-refractivity contribution in [2.24, 2.45) is 5.92 Å². The number of ether oxygens (including phenoxy) is 1. The highest BCUT2D eigenvalue weighted by atomic mass is 16.5. The number of benzene rings is 2. The van der Waals surface area contributed by atoms with Gasteiger partial charge in [-0.05, 0) is 49.2 Å². The van der Waals surface area contributed by atoms with Crippen LogP contribution in [0.4, 0.5) is 5.69 Å². The number of hydrogen-bond acceptors (Lipinski definition) is 3. The van der Waals surface area contributed by atoms with Crippen LogP contribution in [0.15, 0.2) is 67.3 Å². The Hall–Kier alpha value is -3.08. The van der Waals surface area contributed by atoms with Gasteiger partial charge in [0.05, 0.1) is 6.61 Å². The van der Waals surface area contributed by atoms with E-state index < -0.39 is 6.04 Å². The van der Waals surface area contributed by atoms with Crippen molar-refractivity contribution < 1.29 is 14.3 Å². The molecule has 0 radical (unpaired) electrons. The van der Waals surface area contributed by atoms with Crippen LogP contribution in [0.3, 0.4) is 0 Å². The van der Waals surface area contributed by atoms with Gasteiger partial charge >= 0.3 is 0 Å². The summed E-state index contributed by atoms with van der Waals surface area (Å²) in [4.78, 5) is 27.6. The molecule has 0 bridgehead atoms. The second kappa shape index (κ2) is 10.3. The van der Waals surface area contributed by atoms with Crippen LogP contribution in [-0.4, -0.2) is 31.0 Å². The van der Waals surface area contributed by atoms with Gasteiger partial charge < -0.3 is 15.0 Å². The zero-order valence-electron chi connectivity index (χ0n) is 16.7. The third-order valence-corrected chi connectivity index (χ3v) is 4.29. The minimum atomic E-state index is -0.653. The maximum Gasteiger partial charge on any atom is 0.251 e. The van der Waals surface area contributed by atoms with E-state index in [-0.39, 0.29) is 17.7 Å². The molecule has 1 N–H and O–H groups in total. The molecule has 2 aromatic rings. The molecule has 148 valence electrons. The fourth-order valence-corrected chi connectivity index (χ4v) is 2.83. The molecular weight excluding hydrogens is 352 g/mol. The Labute approximate surface area is 167 Å². The Morgan fingerprint density at radius 3 is 2.29 bits per heavy atom. The summed E-state index contributed by atoms with van der Waals surface area (Å²) in [6, 6.07) is 15.6. The molecule has 0 spiro atoms. The molecule has 1 unspecified atom stereocenters. The van der Waals surface area contributed by atoms with Gasteiger partial charge in [-0.3, -0.25) is 9.59 Å². The maximum absolute atomic E-state index is 13.2. The van der Waals surface area contributed by atoms with Crippen LogP contribution in [0.25, 0.3) is 0 Å². The lowest BCUT2D eigenvalue weighted by atomic mass is 10.0. The summed E-state index contributed by atoms with van der Waals surface area (Å²) in [6.07, 6.45) is 1.68. The van der Waals surface area contributed by atoms with Gasteiger partial charge in [-0.15, -0.1) is 6.58 Å². The van der Waals surface area contributed by atoms with E-state index in [0.29, 0.717) is 24.5 Å². The number of rotatable bonds is 9. The van der Waals surface area contributed by atoms with E-state index in [2.05, 4.69) is 11.9 Å². The van der Waals surface area contributed by atoms with E-state index in [1.165, 1.54) is 0 Å². The summed E-state index contributed by atoms with van der Waals surface area (Å²) in [7, 11) is 0. The second-order valence-electron chi connectivity index (χ2n) is 6.73. The molecular formula is C23H28N2O3. The summed E-state index contributed by atoms with van der Waals surface area (Å²) >= 11 is 0. The summed E-state index contributed by atoms with van der Waals surface area (Å²) in [6.45, 7) is 10.4. The molecule has 0 saturated heterocycles. The summed E-state index contributed by atoms with van der Waals surface area (Å²) in [5, 5.41) is 2.89. The van der Waals surface area contributed by atoms with Gasteiger partial charge in [0.25, 0.3) is 5.91 Å². The largest absolute Gasteiger partial charge is 0.494 e. The standard InChI is InChI=1S/C23H28N2O3/c1-5-16-25(19-10-8-7-9-11-19)23(27)21(17(3)4)24-22(26)18-12-14-20(15-13-18)28-6-2/h5,7-15,17,21H,1,6,16H2,2-4H3,(H,24,26). The smallest absolute Gasteiger partial charge is 0.251 e. The molecule has 5 heteroatoms. The fourth-order valence-electron chi connectivity index (χ4n) is 2.83. The number of nitrogens with zero attached hydrogens (tertiary/aromatic N) is 1. The highest BCUT2D eigenvalue weighted by molar-refractivity contribution is 6.02. The Kier molecular flexibility index (Phi) is 7.81. The molecule has 0 aliphatic heterocycles. The van der Waals surface area contributed by atoms with E-state index in [1.54, 1.807) is 35.2 Å². The Morgan fingerprint density at radius 1 is 1.11 bits per heavy atom. The van der Waals surface area contributed by atoms with E-state index in [1.807, 2.05) is 51.1 Å². The average Bonchev–Trinajstić information content (AvgIpc) is 2.71. The summed E-state index contributed by atoms with van der Waals surface area (Å²) in [5.41, 5.74) is 1.25. The SMILES string of the molecule is C=CCN(C(=O)C(NC(=O)c1ccc(OCC)cc1)C(C)C)c1ccccc1. The zero-order chi connectivity index (χ0) is 20.5. The van der Waals surface area contributed by atoms with Crippen molar-refractivity contribution in [1.29, 1.82) is 0 Å². The molecule has 0 fully saturated rings. The molecule has 0 aliphatic rings. The summed E-state index contributed by atoms with van der Waals surface area (Å²) < 4.78 is 5.40. The van der Waals surface area contributed by atoms with Gasteiger partial charge in [-0.25, -0.2) is 0 Å². The Bertz CT molecular complexity index is 785. The van der Waals surface area contributed by atoms with Crippen LogP contribution in [0.1, 0.15) is 31.1 Å². The van der Waals surface area contributed by atoms with Crippen molar-refractivity contribution in [1.82, 2.24) is 5.32 Å². The van der Waals surface area contributed by atoms with Gasteiger partial charge in [0.1, 0.15) is 11.8 Å². The Morgan fingerprint density at radius 2 is 1.75 bits per heavy atom. The van der Waals surface area contributed by atoms with Crippen molar-refractivity contribution >= 4 is 17.5 Å². The molecule has 28 heavy (non-hydrogen) atoms. The first-order valence-corrected chi connectivity index (χ1v) is 9.49. The first kappa shape index (κ1) is 21.2. The van der Waals surface area contributed by atoms with Crippen LogP contribution in [0.2, 0.25) is 0 Å². The topological polar surface area (TPSA) is 58.6 Å². The minimum absolute atomic E-state index is 0.0739. The number of amides is 2. The lowest BCUT2D eigenvalue weighted by Gasteiger charge is -2.29. The molecule has 2 aromatic carbocycles. The number of anilines is 1. The first-order chi connectivity index (χ1) is 13.5. The van der Waals surface area contributed by atoms with E-state index in [0.717, 1.165) is 5.69 Å². The van der Waals surface area contributed by atoms with Crippen molar-refractivity contribution in [3.8, 4) is 5.75 Å². The third kappa shape index (κ3) is 5.46. The van der Waals surface area contributed by atoms with Gasteiger partial charge in [0.15, 0.2) is 0 Å². The van der Waals surface area contributed by atoms with E-state index >= 15 is 0 Å². The highest BCUT2D eigenvalue weighted by Crippen LogP contribution is 2.18. The minimum Gasteiger partial charge on any atom is -0.494 e. The molecule has 0 heterocycles. The number of nitrogens with one attached hydrogen (secondary N) is 1. The number of carbonyl (C=O) groups is 2. The third-order valence-electron chi connectivity index (χ3n) is 4.29. The average molecular weight is 380 g/mol. The van der Waals surface area contributed by atoms with Gasteiger partial charge in [-0.1, -0.05) is 38.1 Å². The lowest BCUT2D eigenvalue weighted by molar-refractivity contribution is -0.121. The molecule has 2 rings (SSSR count). The second-order valence-corrected chi connectivity index (χ2v) is 6.73. The monoisotopic (exact) mass is 380 g/mol. The van der Waals surface area contributed by atoms with Gasteiger partial charge in [0.2, 0.25) is 5.91 Å². The van der Waals surface area contributed by atoms with Crippen LogP contribution < -0.4 is 15.0 Å². The molecule has 0 aliphatic carbocycles. The number of para-hydroxylation sites is 1. The van der Waals surface area contributed by atoms with E-state index in [9.17, 15) is 9.59 Å². The number of hydrogen-bond donors (Lipinski definition) is 1. The number of carbonyl (C=O) groups excluding carboxylic acids is 2. The predicted molar refractivity (Wildman–Crippen MR) is 113 cm³/mol. The van der Waals surface area contributed by atoms with Crippen molar-refractivity contribution in [3.05, 3.63) is 72.8 Å². The van der Waals surface area contributed by atoms with Gasteiger partial charge in [0, 0.05) is 17.8 Å². The van der Waals surface area contributed by atoms with Crippen LogP contribution >= 0.6 is 0 Å². The van der Waals surface area contributed by atoms with Crippen molar-refractivity contribution in [2.45, 2.75) is 26.8 Å². The van der Waals surface area contributed by atoms with Crippen molar-refractivity contribution in [2.75, 3.05) is 18.1 Å². The van der Waals surface area contributed by atoms with E-state index in [4.69, 9.17) is 4.74 Å². The molecule has 0 saturated carbocycles. The molecule has 0 aromatic heterocycles. The van der Waals surface area contributed by atoms with Crippen molar-refractivity contribution in [3.63, 3.8) is 0 Å². The lowest BCUT2D eigenvalue weighted by Crippen LogP contribution is -2.51. The Balaban J connectivity index is 2.19. The first-order valence-electron chi connectivity index (χ1n) is 9.49. The normalized spacial score (nSPS) is 11.6. The van der Waals surface area contributed by atoms with Crippen LogP contribution in [0.5, 0.6) is 5.75 Å². The quantitative estimate of drug-likeness (QED) is 0.668. The highest BCUT2D eigenvalue weighted by Gasteiger charge is 2.29. The maximum atomic E-state index is 13.2. The predicted octanol–water partition coefficient (Wildman–Crippen LogP) is 4.06. The van der Waals surface area contributed by atoms with Gasteiger partial charge in [-0.2, -0.15) is 0 Å². The summed E-state index contributed by atoms with van der Waals surface area (Å²) in [5.74, 6) is 0.175. The molecule has 1 atom stereocenters. The van der Waals surface area contributed by atoms with Crippen LogP contribution in [0, 0.1) is 5.92 Å². The van der Waals surface area contributed by atoms with Crippen LogP contribution in [-0.2, 0) is 4.79 Å². The zero-order valence-corrected chi connectivity index (χ0v) is 16.7. The molecule has 5 nitrogen and oxygen atoms in total. The fraction of sp³-hybridized carbons (Fsp3) is 0.304. The molecule has 2 amide bonds.